The summed E-state index contributed by atoms with van der Waals surface area (Å²) in [5.41, 5.74) is 1.36. The first kappa shape index (κ1) is 20.2. The fraction of sp³-hybridized carbons (Fsp3) is 0.368. The van der Waals surface area contributed by atoms with Crippen molar-refractivity contribution in [2.75, 3.05) is 38.0 Å². The lowest BCUT2D eigenvalue weighted by Gasteiger charge is -2.33. The SMILES string of the molecule is CCN1CCN(S(=O)(=O)c2ccc(NC(=O)/C=C/c3cnn(C)c3)cc2)CC1. The maximum Gasteiger partial charge on any atom is 0.248 e. The number of aryl methyl sites for hydroxylation is 1. The fourth-order valence-electron chi connectivity index (χ4n) is 3.03. The van der Waals surface area contributed by atoms with E-state index >= 15 is 0 Å². The van der Waals surface area contributed by atoms with Crippen molar-refractivity contribution < 1.29 is 13.2 Å². The van der Waals surface area contributed by atoms with E-state index in [2.05, 4.69) is 22.2 Å². The van der Waals surface area contributed by atoms with Crippen molar-refractivity contribution in [3.63, 3.8) is 0 Å². The van der Waals surface area contributed by atoms with Crippen LogP contribution < -0.4 is 5.32 Å². The molecule has 1 aliphatic heterocycles. The largest absolute Gasteiger partial charge is 0.323 e. The van der Waals surface area contributed by atoms with Crippen LogP contribution in [0, 0.1) is 0 Å². The molecule has 150 valence electrons. The number of hydrogen-bond acceptors (Lipinski definition) is 5. The number of piperazine rings is 1. The van der Waals surface area contributed by atoms with Crippen LogP contribution >= 0.6 is 0 Å². The molecule has 0 spiro atoms. The van der Waals surface area contributed by atoms with Crippen LogP contribution in [0.1, 0.15) is 12.5 Å². The van der Waals surface area contributed by atoms with Gasteiger partial charge in [0.05, 0.1) is 11.1 Å². The third kappa shape index (κ3) is 4.86. The second kappa shape index (κ2) is 8.68. The smallest absolute Gasteiger partial charge is 0.248 e. The Labute approximate surface area is 165 Å². The molecule has 0 saturated carbocycles. The highest BCUT2D eigenvalue weighted by molar-refractivity contribution is 7.89. The van der Waals surface area contributed by atoms with E-state index in [4.69, 9.17) is 0 Å². The number of likely N-dealkylation sites (N-methyl/N-ethyl adjacent to an activating group) is 1. The van der Waals surface area contributed by atoms with E-state index < -0.39 is 10.0 Å². The summed E-state index contributed by atoms with van der Waals surface area (Å²) in [6.45, 7) is 5.47. The number of rotatable bonds is 6. The minimum absolute atomic E-state index is 0.237. The minimum atomic E-state index is -3.51. The normalized spacial score (nSPS) is 16.5. The second-order valence-corrected chi connectivity index (χ2v) is 8.57. The van der Waals surface area contributed by atoms with Gasteiger partial charge in [-0.3, -0.25) is 9.48 Å². The van der Waals surface area contributed by atoms with Crippen molar-refractivity contribution in [2.24, 2.45) is 7.05 Å². The first-order valence-corrected chi connectivity index (χ1v) is 10.6. The molecule has 1 aromatic heterocycles. The number of carbonyl (C=O) groups excluding carboxylic acids is 1. The average Bonchev–Trinajstić information content (AvgIpc) is 3.12. The lowest BCUT2D eigenvalue weighted by molar-refractivity contribution is -0.111. The molecular formula is C19H25N5O3S. The quantitative estimate of drug-likeness (QED) is 0.737. The van der Waals surface area contributed by atoms with Gasteiger partial charge in [-0.05, 0) is 36.9 Å². The van der Waals surface area contributed by atoms with Gasteiger partial charge in [0.15, 0.2) is 0 Å². The van der Waals surface area contributed by atoms with Crippen LogP contribution in [-0.2, 0) is 21.9 Å². The minimum Gasteiger partial charge on any atom is -0.323 e. The number of carbonyl (C=O) groups is 1. The van der Waals surface area contributed by atoms with E-state index in [0.717, 1.165) is 25.2 Å². The molecule has 1 fully saturated rings. The lowest BCUT2D eigenvalue weighted by atomic mass is 10.3. The summed E-state index contributed by atoms with van der Waals surface area (Å²) in [5.74, 6) is -0.296. The molecule has 1 aromatic carbocycles. The van der Waals surface area contributed by atoms with Gasteiger partial charge in [-0.2, -0.15) is 9.40 Å². The summed E-state index contributed by atoms with van der Waals surface area (Å²) in [6, 6.07) is 6.26. The Kier molecular flexibility index (Phi) is 6.28. The highest BCUT2D eigenvalue weighted by Crippen LogP contribution is 2.20. The topological polar surface area (TPSA) is 87.5 Å². The van der Waals surface area contributed by atoms with Gasteiger partial charge in [-0.15, -0.1) is 0 Å². The summed E-state index contributed by atoms with van der Waals surface area (Å²) in [4.78, 5) is 14.5. The summed E-state index contributed by atoms with van der Waals surface area (Å²) in [7, 11) is -1.71. The number of hydrogen-bond donors (Lipinski definition) is 1. The molecular weight excluding hydrogens is 378 g/mol. The van der Waals surface area contributed by atoms with Crippen molar-refractivity contribution in [3.8, 4) is 0 Å². The summed E-state index contributed by atoms with van der Waals surface area (Å²) in [5, 5.41) is 6.75. The predicted octanol–water partition coefficient (Wildman–Crippen LogP) is 1.40. The van der Waals surface area contributed by atoms with E-state index in [-0.39, 0.29) is 10.8 Å². The molecule has 9 heteroatoms. The third-order valence-corrected chi connectivity index (χ3v) is 6.60. The number of nitrogens with one attached hydrogen (secondary N) is 1. The Bertz CT molecular complexity index is 942. The number of amides is 1. The number of aromatic nitrogens is 2. The number of benzene rings is 1. The second-order valence-electron chi connectivity index (χ2n) is 6.63. The van der Waals surface area contributed by atoms with Gasteiger partial charge in [-0.25, -0.2) is 8.42 Å². The van der Waals surface area contributed by atoms with E-state index in [9.17, 15) is 13.2 Å². The van der Waals surface area contributed by atoms with Gasteiger partial charge in [0.1, 0.15) is 0 Å². The first-order chi connectivity index (χ1) is 13.4. The molecule has 2 aromatic rings. The van der Waals surface area contributed by atoms with E-state index in [0.29, 0.717) is 18.8 Å². The summed E-state index contributed by atoms with van der Waals surface area (Å²) in [6.07, 6.45) is 6.53. The molecule has 3 rings (SSSR count). The summed E-state index contributed by atoms with van der Waals surface area (Å²) < 4.78 is 28.7. The molecule has 0 aliphatic carbocycles. The van der Waals surface area contributed by atoms with Crippen LogP contribution in [0.3, 0.4) is 0 Å². The average molecular weight is 404 g/mol. The van der Waals surface area contributed by atoms with Gasteiger partial charge in [0, 0.05) is 56.8 Å². The number of nitrogens with zero attached hydrogens (tertiary/aromatic N) is 4. The summed E-state index contributed by atoms with van der Waals surface area (Å²) >= 11 is 0. The highest BCUT2D eigenvalue weighted by atomic mass is 32.2. The van der Waals surface area contributed by atoms with Crippen LogP contribution in [0.2, 0.25) is 0 Å². The maximum atomic E-state index is 12.8. The molecule has 1 N–H and O–H groups in total. The van der Waals surface area contributed by atoms with Crippen molar-refractivity contribution in [1.29, 1.82) is 0 Å². The Morgan fingerprint density at radius 1 is 1.18 bits per heavy atom. The predicted molar refractivity (Wildman–Crippen MR) is 108 cm³/mol. The van der Waals surface area contributed by atoms with Gasteiger partial charge in [-0.1, -0.05) is 6.92 Å². The highest BCUT2D eigenvalue weighted by Gasteiger charge is 2.27. The van der Waals surface area contributed by atoms with E-state index in [1.807, 2.05) is 0 Å². The van der Waals surface area contributed by atoms with Crippen molar-refractivity contribution >= 4 is 27.7 Å². The van der Waals surface area contributed by atoms with Gasteiger partial charge in [0.25, 0.3) is 0 Å². The third-order valence-electron chi connectivity index (χ3n) is 4.69. The fourth-order valence-corrected chi connectivity index (χ4v) is 4.45. The van der Waals surface area contributed by atoms with Crippen LogP contribution in [0.25, 0.3) is 6.08 Å². The maximum absolute atomic E-state index is 12.8. The molecule has 1 aliphatic rings. The lowest BCUT2D eigenvalue weighted by Crippen LogP contribution is -2.48. The zero-order chi connectivity index (χ0) is 20.1. The first-order valence-electron chi connectivity index (χ1n) is 9.19. The molecule has 28 heavy (non-hydrogen) atoms. The van der Waals surface area contributed by atoms with E-state index in [1.54, 1.807) is 42.3 Å². The number of sulfonamides is 1. The Hall–Kier alpha value is -2.49. The number of anilines is 1. The Balaban J connectivity index is 1.61. The Morgan fingerprint density at radius 3 is 2.43 bits per heavy atom. The molecule has 0 atom stereocenters. The van der Waals surface area contributed by atoms with Crippen LogP contribution in [0.5, 0.6) is 0 Å². The molecule has 8 nitrogen and oxygen atoms in total. The van der Waals surface area contributed by atoms with Crippen LogP contribution in [-0.4, -0.2) is 66.0 Å². The van der Waals surface area contributed by atoms with Crippen LogP contribution in [0.15, 0.2) is 47.6 Å². The molecule has 0 unspecified atom stereocenters. The molecule has 2 heterocycles. The molecule has 0 radical (unpaired) electrons. The molecule has 1 saturated heterocycles. The monoisotopic (exact) mass is 403 g/mol. The van der Waals surface area contributed by atoms with Crippen LogP contribution in [0.4, 0.5) is 5.69 Å². The Morgan fingerprint density at radius 2 is 1.86 bits per heavy atom. The van der Waals surface area contributed by atoms with Gasteiger partial charge >= 0.3 is 0 Å². The molecule has 1 amide bonds. The van der Waals surface area contributed by atoms with E-state index in [1.165, 1.54) is 22.5 Å². The van der Waals surface area contributed by atoms with Crippen molar-refractivity contribution in [1.82, 2.24) is 19.0 Å². The van der Waals surface area contributed by atoms with Gasteiger partial charge < -0.3 is 10.2 Å². The zero-order valence-corrected chi connectivity index (χ0v) is 16.9. The van der Waals surface area contributed by atoms with Gasteiger partial charge in [0.2, 0.25) is 15.9 Å². The zero-order valence-electron chi connectivity index (χ0n) is 16.1. The van der Waals surface area contributed by atoms with Crippen molar-refractivity contribution in [2.45, 2.75) is 11.8 Å². The van der Waals surface area contributed by atoms with Crippen molar-refractivity contribution in [3.05, 3.63) is 48.3 Å². The standard InChI is InChI=1S/C19H25N5O3S/c1-3-23-10-12-24(13-11-23)28(26,27)18-7-5-17(6-8-18)21-19(25)9-4-16-14-20-22(2)15-16/h4-9,14-15H,3,10-13H2,1-2H3,(H,21,25)/b9-4+. The molecule has 0 bridgehead atoms.